The number of carbonyl (C=O) groups excluding carboxylic acids is 1. The first-order chi connectivity index (χ1) is 9.08. The monoisotopic (exact) mass is 284 g/mol. The number of likely N-dealkylation sites (tertiary alicyclic amines) is 1. The second-order valence-electron chi connectivity index (χ2n) is 7.93. The van der Waals surface area contributed by atoms with Gasteiger partial charge in [0.25, 0.3) is 0 Å². The number of amides is 1. The van der Waals surface area contributed by atoms with Gasteiger partial charge in [-0.3, -0.25) is 0 Å². The number of ether oxygens (including phenoxy) is 1. The molecule has 1 amide bonds. The van der Waals surface area contributed by atoms with Crippen LogP contribution in [0.25, 0.3) is 0 Å². The van der Waals surface area contributed by atoms with Crippen molar-refractivity contribution in [1.29, 1.82) is 0 Å². The summed E-state index contributed by atoms with van der Waals surface area (Å²) < 4.78 is 5.38. The molecule has 1 fully saturated rings. The second kappa shape index (κ2) is 6.79. The van der Waals surface area contributed by atoms with Gasteiger partial charge in [0.2, 0.25) is 0 Å². The molecule has 0 unspecified atom stereocenters. The Morgan fingerprint density at radius 1 is 1.10 bits per heavy atom. The van der Waals surface area contributed by atoms with Crippen molar-refractivity contribution in [3.05, 3.63) is 0 Å². The summed E-state index contributed by atoms with van der Waals surface area (Å²) in [6.07, 6.45) is 3.55. The van der Waals surface area contributed by atoms with Crippen LogP contribution in [-0.2, 0) is 4.74 Å². The van der Waals surface area contributed by atoms with Crippen LogP contribution < -0.4 is 5.32 Å². The SMILES string of the molecule is CC(C)(C)OC(=O)N[C@H](CN1CCCCC1)C(C)(C)C. The van der Waals surface area contributed by atoms with Crippen LogP contribution in [0.1, 0.15) is 60.8 Å². The Balaban J connectivity index is 2.58. The molecule has 4 heteroatoms. The number of nitrogens with zero attached hydrogens (tertiary/aromatic N) is 1. The number of nitrogens with one attached hydrogen (secondary N) is 1. The Bertz CT molecular complexity index is 309. The zero-order chi connectivity index (χ0) is 15.4. The molecule has 1 N–H and O–H groups in total. The third-order valence-corrected chi connectivity index (χ3v) is 3.63. The largest absolute Gasteiger partial charge is 0.444 e. The van der Waals surface area contributed by atoms with Crippen LogP contribution in [0.15, 0.2) is 0 Å². The van der Waals surface area contributed by atoms with Crippen molar-refractivity contribution in [3.8, 4) is 0 Å². The first-order valence-corrected chi connectivity index (χ1v) is 7.80. The Hall–Kier alpha value is -0.770. The Morgan fingerprint density at radius 2 is 1.65 bits per heavy atom. The van der Waals surface area contributed by atoms with Gasteiger partial charge in [0.1, 0.15) is 5.60 Å². The molecule has 1 aliphatic rings. The van der Waals surface area contributed by atoms with E-state index >= 15 is 0 Å². The maximum atomic E-state index is 12.0. The number of alkyl carbamates (subject to hydrolysis) is 1. The summed E-state index contributed by atoms with van der Waals surface area (Å²) in [6.45, 7) is 15.4. The first-order valence-electron chi connectivity index (χ1n) is 7.80. The van der Waals surface area contributed by atoms with Crippen molar-refractivity contribution >= 4 is 6.09 Å². The van der Waals surface area contributed by atoms with Crippen molar-refractivity contribution in [3.63, 3.8) is 0 Å². The highest BCUT2D eigenvalue weighted by Crippen LogP contribution is 2.22. The average molecular weight is 284 g/mol. The fourth-order valence-electron chi connectivity index (χ4n) is 2.39. The van der Waals surface area contributed by atoms with Gasteiger partial charge in [-0.05, 0) is 52.1 Å². The topological polar surface area (TPSA) is 41.6 Å². The maximum Gasteiger partial charge on any atom is 0.407 e. The van der Waals surface area contributed by atoms with Gasteiger partial charge in [-0.25, -0.2) is 4.79 Å². The first kappa shape index (κ1) is 17.3. The highest BCUT2D eigenvalue weighted by atomic mass is 16.6. The molecule has 0 saturated carbocycles. The van der Waals surface area contributed by atoms with Gasteiger partial charge in [-0.15, -0.1) is 0 Å². The zero-order valence-corrected chi connectivity index (χ0v) is 14.1. The van der Waals surface area contributed by atoms with Gasteiger partial charge in [0.05, 0.1) is 0 Å². The van der Waals surface area contributed by atoms with Crippen LogP contribution in [0, 0.1) is 5.41 Å². The van der Waals surface area contributed by atoms with E-state index in [4.69, 9.17) is 4.74 Å². The van der Waals surface area contributed by atoms with Gasteiger partial charge in [0.15, 0.2) is 0 Å². The molecule has 0 bridgehead atoms. The van der Waals surface area contributed by atoms with E-state index in [0.717, 1.165) is 19.6 Å². The van der Waals surface area contributed by atoms with Gasteiger partial charge in [0, 0.05) is 12.6 Å². The van der Waals surface area contributed by atoms with E-state index < -0.39 is 5.60 Å². The number of hydrogen-bond acceptors (Lipinski definition) is 3. The predicted molar refractivity (Wildman–Crippen MR) is 82.9 cm³/mol. The number of carbonyl (C=O) groups is 1. The van der Waals surface area contributed by atoms with E-state index in [1.165, 1.54) is 19.3 Å². The van der Waals surface area contributed by atoms with Gasteiger partial charge < -0.3 is 15.0 Å². The molecule has 1 heterocycles. The molecule has 0 aromatic rings. The molecule has 1 aliphatic heterocycles. The number of hydrogen-bond donors (Lipinski definition) is 1. The quantitative estimate of drug-likeness (QED) is 0.863. The van der Waals surface area contributed by atoms with Crippen LogP contribution in [0.4, 0.5) is 4.79 Å². The van der Waals surface area contributed by atoms with Gasteiger partial charge >= 0.3 is 6.09 Å². The highest BCUT2D eigenvalue weighted by molar-refractivity contribution is 5.68. The van der Waals surface area contributed by atoms with Gasteiger partial charge in [-0.2, -0.15) is 0 Å². The molecule has 0 aliphatic carbocycles. The lowest BCUT2D eigenvalue weighted by Crippen LogP contribution is -2.52. The lowest BCUT2D eigenvalue weighted by Gasteiger charge is -2.37. The highest BCUT2D eigenvalue weighted by Gasteiger charge is 2.30. The summed E-state index contributed by atoms with van der Waals surface area (Å²) >= 11 is 0. The van der Waals surface area contributed by atoms with Gasteiger partial charge in [-0.1, -0.05) is 27.2 Å². The van der Waals surface area contributed by atoms with Crippen molar-refractivity contribution in [2.45, 2.75) is 72.4 Å². The third-order valence-electron chi connectivity index (χ3n) is 3.63. The average Bonchev–Trinajstić information content (AvgIpc) is 2.25. The lowest BCUT2D eigenvalue weighted by atomic mass is 9.86. The number of piperidine rings is 1. The molecule has 118 valence electrons. The zero-order valence-electron chi connectivity index (χ0n) is 14.1. The van der Waals surface area contributed by atoms with Crippen molar-refractivity contribution in [2.75, 3.05) is 19.6 Å². The van der Waals surface area contributed by atoms with Crippen molar-refractivity contribution in [2.24, 2.45) is 5.41 Å². The smallest absolute Gasteiger partial charge is 0.407 e. The summed E-state index contributed by atoms with van der Waals surface area (Å²) in [5.74, 6) is 0. The third kappa shape index (κ3) is 6.60. The summed E-state index contributed by atoms with van der Waals surface area (Å²) in [5.41, 5.74) is -0.425. The Kier molecular flexibility index (Phi) is 5.87. The van der Waals surface area contributed by atoms with Crippen LogP contribution in [0.5, 0.6) is 0 Å². The van der Waals surface area contributed by atoms with E-state index in [2.05, 4.69) is 31.0 Å². The van der Waals surface area contributed by atoms with E-state index in [9.17, 15) is 4.79 Å². The van der Waals surface area contributed by atoms with Crippen molar-refractivity contribution < 1.29 is 9.53 Å². The molecular formula is C16H32N2O2. The van der Waals surface area contributed by atoms with Crippen LogP contribution in [0.3, 0.4) is 0 Å². The molecule has 0 spiro atoms. The minimum Gasteiger partial charge on any atom is -0.444 e. The lowest BCUT2D eigenvalue weighted by molar-refractivity contribution is 0.0431. The minimum absolute atomic E-state index is 0.0222. The summed E-state index contributed by atoms with van der Waals surface area (Å²) in [6, 6.07) is 0.107. The fraction of sp³-hybridized carbons (Fsp3) is 0.938. The maximum absolute atomic E-state index is 12.0. The second-order valence-corrected chi connectivity index (χ2v) is 7.93. The van der Waals surface area contributed by atoms with Crippen LogP contribution >= 0.6 is 0 Å². The molecule has 1 rings (SSSR count). The normalized spacial score (nSPS) is 19.5. The Morgan fingerprint density at radius 3 is 2.10 bits per heavy atom. The molecule has 4 nitrogen and oxygen atoms in total. The molecule has 0 radical (unpaired) electrons. The van der Waals surface area contributed by atoms with E-state index in [-0.39, 0.29) is 17.6 Å². The molecule has 1 atom stereocenters. The molecule has 1 saturated heterocycles. The van der Waals surface area contributed by atoms with E-state index in [0.29, 0.717) is 0 Å². The van der Waals surface area contributed by atoms with Crippen LogP contribution in [0.2, 0.25) is 0 Å². The van der Waals surface area contributed by atoms with Crippen LogP contribution in [-0.4, -0.2) is 42.3 Å². The summed E-state index contributed by atoms with van der Waals surface area (Å²) in [4.78, 5) is 14.5. The minimum atomic E-state index is -0.447. The Labute approximate surface area is 124 Å². The number of rotatable bonds is 3. The van der Waals surface area contributed by atoms with Crippen molar-refractivity contribution in [1.82, 2.24) is 10.2 Å². The van der Waals surface area contributed by atoms with E-state index in [1.54, 1.807) is 0 Å². The fourth-order valence-corrected chi connectivity index (χ4v) is 2.39. The molecule has 0 aromatic heterocycles. The summed E-state index contributed by atoms with van der Waals surface area (Å²) in [5, 5.41) is 3.06. The predicted octanol–water partition coefficient (Wildman–Crippen LogP) is 3.41. The van der Waals surface area contributed by atoms with E-state index in [1.807, 2.05) is 20.8 Å². The molecule has 0 aromatic carbocycles. The standard InChI is InChI=1S/C16H32N2O2/c1-15(2,3)13(12-18-10-8-7-9-11-18)17-14(19)20-16(4,5)6/h13H,7-12H2,1-6H3,(H,17,19)/t13-/m1/s1. The molecule has 20 heavy (non-hydrogen) atoms. The summed E-state index contributed by atoms with van der Waals surface area (Å²) in [7, 11) is 0. The molecular weight excluding hydrogens is 252 g/mol.